The van der Waals surface area contributed by atoms with Crippen LogP contribution in [0.15, 0.2) is 23.6 Å². The van der Waals surface area contributed by atoms with Crippen LogP contribution in [0.25, 0.3) is 0 Å². The van der Waals surface area contributed by atoms with E-state index in [0.29, 0.717) is 10.6 Å². The van der Waals surface area contributed by atoms with Crippen LogP contribution in [-0.2, 0) is 5.41 Å². The summed E-state index contributed by atoms with van der Waals surface area (Å²) in [4.78, 5) is 4.56. The highest BCUT2D eigenvalue weighted by Gasteiger charge is 2.21. The van der Waals surface area contributed by atoms with Gasteiger partial charge in [-0.2, -0.15) is 0 Å². The fraction of sp³-hybridized carbons (Fsp3) is 0.357. The Bertz CT molecular complexity index is 589. The summed E-state index contributed by atoms with van der Waals surface area (Å²) in [5, 5.41) is 3.13. The van der Waals surface area contributed by atoms with Gasteiger partial charge in [-0.15, -0.1) is 11.3 Å². The number of hydrogen-bond donors (Lipinski definition) is 1. The molecular formula is C14H16ClFN2S. The van der Waals surface area contributed by atoms with Crippen LogP contribution in [0.5, 0.6) is 0 Å². The molecule has 1 unspecified atom stereocenters. The summed E-state index contributed by atoms with van der Waals surface area (Å²) in [5.74, 6) is -0.365. The standard InChI is InChI=1S/C14H16ClFN2S/c1-14(2,3)11-7-19-13(18-11)12(17)9-5-4-8(16)6-10(9)15/h4-7,12H,17H2,1-3H3. The van der Waals surface area contributed by atoms with E-state index in [1.54, 1.807) is 6.07 Å². The lowest BCUT2D eigenvalue weighted by molar-refractivity contribution is 0.569. The summed E-state index contributed by atoms with van der Waals surface area (Å²) < 4.78 is 13.0. The van der Waals surface area contributed by atoms with Crippen molar-refractivity contribution in [2.75, 3.05) is 0 Å². The Hall–Kier alpha value is -0.970. The summed E-state index contributed by atoms with van der Waals surface area (Å²) >= 11 is 7.53. The Morgan fingerprint density at radius 2 is 2.05 bits per heavy atom. The first-order valence-electron chi connectivity index (χ1n) is 5.95. The first-order chi connectivity index (χ1) is 8.79. The highest BCUT2D eigenvalue weighted by Crippen LogP contribution is 2.31. The molecule has 0 fully saturated rings. The molecule has 2 N–H and O–H groups in total. The summed E-state index contributed by atoms with van der Waals surface area (Å²) in [5.41, 5.74) is 7.85. The highest BCUT2D eigenvalue weighted by molar-refractivity contribution is 7.09. The maximum absolute atomic E-state index is 13.0. The molecule has 5 heteroatoms. The Kier molecular flexibility index (Phi) is 3.95. The molecule has 0 aliphatic heterocycles. The number of benzene rings is 1. The molecule has 102 valence electrons. The molecule has 1 atom stereocenters. The second kappa shape index (κ2) is 5.19. The SMILES string of the molecule is CC(C)(C)c1csc(C(N)c2ccc(F)cc2Cl)n1. The molecule has 0 saturated carbocycles. The zero-order valence-corrected chi connectivity index (χ0v) is 12.6. The third kappa shape index (κ3) is 3.14. The lowest BCUT2D eigenvalue weighted by Crippen LogP contribution is -2.15. The van der Waals surface area contributed by atoms with Crippen molar-refractivity contribution in [2.24, 2.45) is 5.73 Å². The van der Waals surface area contributed by atoms with E-state index in [2.05, 4.69) is 25.8 Å². The molecular weight excluding hydrogens is 283 g/mol. The molecule has 1 aromatic carbocycles. The monoisotopic (exact) mass is 298 g/mol. The van der Waals surface area contributed by atoms with Crippen LogP contribution in [0.4, 0.5) is 4.39 Å². The molecule has 1 aromatic heterocycles. The minimum Gasteiger partial charge on any atom is -0.318 e. The third-order valence-corrected chi connectivity index (χ3v) is 4.11. The van der Waals surface area contributed by atoms with Gasteiger partial charge in [0.15, 0.2) is 0 Å². The normalized spacial score (nSPS) is 13.6. The van der Waals surface area contributed by atoms with Crippen LogP contribution >= 0.6 is 22.9 Å². The van der Waals surface area contributed by atoms with Crippen LogP contribution in [0.1, 0.15) is 43.1 Å². The number of nitrogens with zero attached hydrogens (tertiary/aromatic N) is 1. The first kappa shape index (κ1) is 14.4. The topological polar surface area (TPSA) is 38.9 Å². The minimum absolute atomic E-state index is 0.0128. The van der Waals surface area contributed by atoms with Crippen molar-refractivity contribution in [1.82, 2.24) is 4.98 Å². The van der Waals surface area contributed by atoms with Gasteiger partial charge in [-0.1, -0.05) is 38.4 Å². The van der Waals surface area contributed by atoms with Gasteiger partial charge in [0.2, 0.25) is 0 Å². The van der Waals surface area contributed by atoms with Crippen LogP contribution in [0.2, 0.25) is 5.02 Å². The molecule has 0 aliphatic carbocycles. The van der Waals surface area contributed by atoms with Crippen molar-refractivity contribution >= 4 is 22.9 Å². The van der Waals surface area contributed by atoms with Crippen LogP contribution < -0.4 is 5.73 Å². The van der Waals surface area contributed by atoms with E-state index in [9.17, 15) is 4.39 Å². The fourth-order valence-electron chi connectivity index (χ4n) is 1.66. The highest BCUT2D eigenvalue weighted by atomic mass is 35.5. The van der Waals surface area contributed by atoms with E-state index >= 15 is 0 Å². The number of rotatable bonds is 2. The van der Waals surface area contributed by atoms with E-state index < -0.39 is 6.04 Å². The molecule has 0 radical (unpaired) electrons. The van der Waals surface area contributed by atoms with Crippen molar-refractivity contribution < 1.29 is 4.39 Å². The Morgan fingerprint density at radius 1 is 1.37 bits per heavy atom. The number of thiazole rings is 1. The molecule has 1 heterocycles. The molecule has 0 amide bonds. The Labute approximate surface area is 121 Å². The molecule has 19 heavy (non-hydrogen) atoms. The quantitative estimate of drug-likeness (QED) is 0.898. The zero-order valence-electron chi connectivity index (χ0n) is 11.1. The van der Waals surface area contributed by atoms with Gasteiger partial charge in [-0.05, 0) is 17.7 Å². The van der Waals surface area contributed by atoms with Crippen molar-refractivity contribution in [2.45, 2.75) is 32.2 Å². The number of halogens is 2. The van der Waals surface area contributed by atoms with E-state index in [4.69, 9.17) is 17.3 Å². The summed E-state index contributed by atoms with van der Waals surface area (Å²) in [6.45, 7) is 6.30. The number of hydrogen-bond acceptors (Lipinski definition) is 3. The molecule has 2 rings (SSSR count). The van der Waals surface area contributed by atoms with Gasteiger partial charge in [0, 0.05) is 15.8 Å². The van der Waals surface area contributed by atoms with Crippen molar-refractivity contribution in [3.05, 3.63) is 50.7 Å². The maximum atomic E-state index is 13.0. The van der Waals surface area contributed by atoms with Gasteiger partial charge in [0.1, 0.15) is 10.8 Å². The van der Waals surface area contributed by atoms with Gasteiger partial charge in [-0.3, -0.25) is 0 Å². The van der Waals surface area contributed by atoms with E-state index in [1.165, 1.54) is 23.5 Å². The fourth-order valence-corrected chi connectivity index (χ4v) is 3.01. The van der Waals surface area contributed by atoms with Crippen LogP contribution in [0, 0.1) is 5.82 Å². The average Bonchev–Trinajstić information content (AvgIpc) is 2.76. The second-order valence-electron chi connectivity index (χ2n) is 5.46. The van der Waals surface area contributed by atoms with Crippen molar-refractivity contribution in [3.8, 4) is 0 Å². The zero-order chi connectivity index (χ0) is 14.2. The predicted molar refractivity (Wildman–Crippen MR) is 78.3 cm³/mol. The number of aromatic nitrogens is 1. The van der Waals surface area contributed by atoms with E-state index in [-0.39, 0.29) is 11.2 Å². The summed E-state index contributed by atoms with van der Waals surface area (Å²) in [6.07, 6.45) is 0. The van der Waals surface area contributed by atoms with E-state index in [0.717, 1.165) is 10.7 Å². The lowest BCUT2D eigenvalue weighted by atomic mass is 9.93. The van der Waals surface area contributed by atoms with Gasteiger partial charge >= 0.3 is 0 Å². The van der Waals surface area contributed by atoms with Gasteiger partial charge in [-0.25, -0.2) is 9.37 Å². The molecule has 2 nitrogen and oxygen atoms in total. The van der Waals surface area contributed by atoms with Gasteiger partial charge in [0.25, 0.3) is 0 Å². The Morgan fingerprint density at radius 3 is 2.58 bits per heavy atom. The molecule has 0 bridgehead atoms. The summed E-state index contributed by atoms with van der Waals surface area (Å²) in [6, 6.07) is 3.82. The molecule has 0 aliphatic rings. The molecule has 2 aromatic rings. The van der Waals surface area contributed by atoms with Crippen molar-refractivity contribution in [3.63, 3.8) is 0 Å². The van der Waals surface area contributed by atoms with Crippen molar-refractivity contribution in [1.29, 1.82) is 0 Å². The largest absolute Gasteiger partial charge is 0.318 e. The predicted octanol–water partition coefficient (Wildman–Crippen LogP) is 4.28. The first-order valence-corrected chi connectivity index (χ1v) is 7.21. The molecule has 0 saturated heterocycles. The average molecular weight is 299 g/mol. The second-order valence-corrected chi connectivity index (χ2v) is 6.76. The van der Waals surface area contributed by atoms with Gasteiger partial charge in [0.05, 0.1) is 11.7 Å². The lowest BCUT2D eigenvalue weighted by Gasteiger charge is -2.15. The third-order valence-electron chi connectivity index (χ3n) is 2.85. The summed E-state index contributed by atoms with van der Waals surface area (Å²) in [7, 11) is 0. The van der Waals surface area contributed by atoms with Crippen LogP contribution in [0.3, 0.4) is 0 Å². The van der Waals surface area contributed by atoms with Gasteiger partial charge < -0.3 is 5.73 Å². The number of nitrogens with two attached hydrogens (primary N) is 1. The minimum atomic E-state index is -0.422. The smallest absolute Gasteiger partial charge is 0.124 e. The van der Waals surface area contributed by atoms with Crippen LogP contribution in [-0.4, -0.2) is 4.98 Å². The molecule has 0 spiro atoms. The van der Waals surface area contributed by atoms with E-state index in [1.807, 2.05) is 5.38 Å². The maximum Gasteiger partial charge on any atom is 0.124 e. The Balaban J connectivity index is 2.34.